The van der Waals surface area contributed by atoms with Crippen LogP contribution in [0.5, 0.6) is 0 Å². The number of hydrogen-bond acceptors (Lipinski definition) is 3. The number of benzene rings is 1. The number of urea groups is 1. The second-order valence-electron chi connectivity index (χ2n) is 4.61. The first kappa shape index (κ1) is 14.5. The molecular weight excluding hydrogens is 285 g/mol. The Kier molecular flexibility index (Phi) is 3.76. The molecule has 106 valence electrons. The van der Waals surface area contributed by atoms with Crippen molar-refractivity contribution in [3.05, 3.63) is 34.6 Å². The molecule has 3 amide bonds. The number of rotatable bonds is 3. The molecular formula is C13H13ClFN3O2. The Morgan fingerprint density at radius 3 is 2.75 bits per heavy atom. The third-order valence-corrected chi connectivity index (χ3v) is 3.58. The number of imide groups is 1. The highest BCUT2D eigenvalue weighted by molar-refractivity contribution is 6.33. The number of hydrogen-bond donors (Lipinski definition) is 1. The average Bonchev–Trinajstić information content (AvgIpc) is 2.61. The Hall–Kier alpha value is -1.95. The number of amides is 3. The Bertz CT molecular complexity index is 585. The maximum atomic E-state index is 13.6. The molecule has 2 rings (SSSR count). The maximum Gasteiger partial charge on any atom is 0.346 e. The lowest BCUT2D eigenvalue weighted by atomic mass is 10.00. The van der Waals surface area contributed by atoms with Gasteiger partial charge in [0.1, 0.15) is 11.4 Å². The molecule has 0 bridgehead atoms. The molecule has 1 heterocycles. The molecule has 0 saturated carbocycles. The number of carbonyl (C=O) groups excluding carboxylic acids is 2. The molecule has 1 aliphatic rings. The van der Waals surface area contributed by atoms with Crippen molar-refractivity contribution in [2.45, 2.75) is 25.8 Å². The summed E-state index contributed by atoms with van der Waals surface area (Å²) in [6, 6.07) is 3.53. The third-order valence-electron chi connectivity index (χ3n) is 3.25. The van der Waals surface area contributed by atoms with Crippen molar-refractivity contribution in [3.8, 4) is 0 Å². The zero-order valence-electron chi connectivity index (χ0n) is 11.0. The topological polar surface area (TPSA) is 61.8 Å². The zero-order chi connectivity index (χ0) is 14.9. The van der Waals surface area contributed by atoms with Crippen molar-refractivity contribution in [1.82, 2.24) is 10.3 Å². The molecule has 0 unspecified atom stereocenters. The summed E-state index contributed by atoms with van der Waals surface area (Å²) >= 11 is 5.84. The van der Waals surface area contributed by atoms with Crippen LogP contribution in [-0.2, 0) is 4.79 Å². The van der Waals surface area contributed by atoms with Gasteiger partial charge >= 0.3 is 6.03 Å². The van der Waals surface area contributed by atoms with Crippen molar-refractivity contribution in [2.24, 2.45) is 5.10 Å². The van der Waals surface area contributed by atoms with Crippen LogP contribution >= 0.6 is 11.6 Å². The lowest BCUT2D eigenvalue weighted by molar-refractivity contribution is -0.130. The lowest BCUT2D eigenvalue weighted by Crippen LogP contribution is -2.42. The first-order chi connectivity index (χ1) is 9.39. The first-order valence-corrected chi connectivity index (χ1v) is 6.41. The van der Waals surface area contributed by atoms with Gasteiger partial charge in [0.05, 0.1) is 11.2 Å². The van der Waals surface area contributed by atoms with Crippen LogP contribution in [-0.4, -0.2) is 28.7 Å². The zero-order valence-corrected chi connectivity index (χ0v) is 11.7. The van der Waals surface area contributed by atoms with Crippen LogP contribution in [0.2, 0.25) is 5.02 Å². The summed E-state index contributed by atoms with van der Waals surface area (Å²) in [5.74, 6) is -1.06. The van der Waals surface area contributed by atoms with Gasteiger partial charge in [0.2, 0.25) is 0 Å². The summed E-state index contributed by atoms with van der Waals surface area (Å²) in [5, 5.41) is 7.12. The largest absolute Gasteiger partial charge is 0.346 e. The summed E-state index contributed by atoms with van der Waals surface area (Å²) in [5.41, 5.74) is -0.951. The molecule has 1 atom stereocenters. The quantitative estimate of drug-likeness (QED) is 0.688. The van der Waals surface area contributed by atoms with Crippen LogP contribution in [0.15, 0.2) is 23.3 Å². The second kappa shape index (κ2) is 5.20. The van der Waals surface area contributed by atoms with E-state index in [9.17, 15) is 14.0 Å². The molecule has 1 aromatic carbocycles. The summed E-state index contributed by atoms with van der Waals surface area (Å²) in [6.45, 7) is 3.39. The summed E-state index contributed by atoms with van der Waals surface area (Å²) in [6.07, 6.45) is 1.50. The Balaban J connectivity index is 2.29. The number of hydrazone groups is 1. The van der Waals surface area contributed by atoms with E-state index in [1.165, 1.54) is 18.2 Å². The molecule has 1 N–H and O–H groups in total. The van der Waals surface area contributed by atoms with Crippen molar-refractivity contribution in [1.29, 1.82) is 0 Å². The van der Waals surface area contributed by atoms with Gasteiger partial charge in [0, 0.05) is 5.56 Å². The van der Waals surface area contributed by atoms with Crippen LogP contribution in [0.4, 0.5) is 9.18 Å². The van der Waals surface area contributed by atoms with E-state index in [-0.39, 0.29) is 10.6 Å². The Morgan fingerprint density at radius 1 is 1.50 bits per heavy atom. The average molecular weight is 298 g/mol. The van der Waals surface area contributed by atoms with Crippen molar-refractivity contribution in [3.63, 3.8) is 0 Å². The van der Waals surface area contributed by atoms with Gasteiger partial charge in [-0.05, 0) is 25.5 Å². The lowest BCUT2D eigenvalue weighted by Gasteiger charge is -2.17. The molecule has 20 heavy (non-hydrogen) atoms. The van der Waals surface area contributed by atoms with E-state index in [4.69, 9.17) is 11.6 Å². The van der Waals surface area contributed by atoms with Gasteiger partial charge in [-0.1, -0.05) is 24.6 Å². The third kappa shape index (κ3) is 2.38. The van der Waals surface area contributed by atoms with Gasteiger partial charge < -0.3 is 5.32 Å². The van der Waals surface area contributed by atoms with Crippen molar-refractivity contribution < 1.29 is 14.0 Å². The van der Waals surface area contributed by atoms with Crippen molar-refractivity contribution >= 4 is 29.8 Å². The van der Waals surface area contributed by atoms with Gasteiger partial charge in [-0.3, -0.25) is 4.79 Å². The molecule has 5 nitrogen and oxygen atoms in total. The van der Waals surface area contributed by atoms with E-state index in [0.717, 1.165) is 6.21 Å². The van der Waals surface area contributed by atoms with E-state index >= 15 is 0 Å². The van der Waals surface area contributed by atoms with Gasteiger partial charge in [0.25, 0.3) is 5.91 Å². The molecule has 0 aromatic heterocycles. The van der Waals surface area contributed by atoms with Crippen molar-refractivity contribution in [2.75, 3.05) is 0 Å². The monoisotopic (exact) mass is 297 g/mol. The fraction of sp³-hybridized carbons (Fsp3) is 0.308. The number of halogens is 2. The number of carbonyl (C=O) groups is 2. The highest BCUT2D eigenvalue weighted by Gasteiger charge is 2.46. The minimum Gasteiger partial charge on any atom is -0.322 e. The van der Waals surface area contributed by atoms with E-state index in [1.807, 2.05) is 0 Å². The molecule has 1 aromatic rings. The van der Waals surface area contributed by atoms with Gasteiger partial charge in [0.15, 0.2) is 0 Å². The molecule has 1 saturated heterocycles. The summed E-state index contributed by atoms with van der Waals surface area (Å²) < 4.78 is 13.6. The predicted octanol–water partition coefficient (Wildman–Crippen LogP) is 2.53. The normalized spacial score (nSPS) is 22.7. The standard InChI is InChI=1S/C13H13ClFN3O2/c1-3-13(2)11(19)18(12(20)17-13)16-7-8-9(14)5-4-6-10(8)15/h4-7H,3H2,1-2H3,(H,17,20)/t13-/m1/s1. The highest BCUT2D eigenvalue weighted by Crippen LogP contribution is 2.22. The molecule has 7 heteroatoms. The molecule has 0 spiro atoms. The second-order valence-corrected chi connectivity index (χ2v) is 5.02. The molecule has 1 fully saturated rings. The SMILES string of the molecule is CC[C@@]1(C)NC(=O)N(N=Cc2c(F)cccc2Cl)C1=O. The van der Waals surface area contributed by atoms with Crippen LogP contribution in [0.3, 0.4) is 0 Å². The smallest absolute Gasteiger partial charge is 0.322 e. The first-order valence-electron chi connectivity index (χ1n) is 6.03. The Labute approximate surface area is 120 Å². The maximum absolute atomic E-state index is 13.6. The van der Waals surface area contributed by atoms with E-state index in [0.29, 0.717) is 11.4 Å². The molecule has 0 aliphatic carbocycles. The summed E-state index contributed by atoms with van der Waals surface area (Å²) in [7, 11) is 0. The molecule has 0 radical (unpaired) electrons. The van der Waals surface area contributed by atoms with Crippen LogP contribution in [0, 0.1) is 5.82 Å². The Morgan fingerprint density at radius 2 is 2.20 bits per heavy atom. The fourth-order valence-corrected chi connectivity index (χ4v) is 1.97. The number of nitrogens with zero attached hydrogens (tertiary/aromatic N) is 2. The van der Waals surface area contributed by atoms with Crippen LogP contribution < -0.4 is 5.32 Å². The van der Waals surface area contributed by atoms with E-state index in [2.05, 4.69) is 10.4 Å². The fourth-order valence-electron chi connectivity index (χ4n) is 1.76. The minimum absolute atomic E-state index is 0.0277. The summed E-state index contributed by atoms with van der Waals surface area (Å²) in [4.78, 5) is 23.8. The predicted molar refractivity (Wildman–Crippen MR) is 73.1 cm³/mol. The number of nitrogens with one attached hydrogen (secondary N) is 1. The molecule has 1 aliphatic heterocycles. The van der Waals surface area contributed by atoms with Gasteiger partial charge in [-0.15, -0.1) is 5.01 Å². The van der Waals surface area contributed by atoms with Crippen LogP contribution in [0.1, 0.15) is 25.8 Å². The van der Waals surface area contributed by atoms with Gasteiger partial charge in [-0.25, -0.2) is 9.18 Å². The highest BCUT2D eigenvalue weighted by atomic mass is 35.5. The van der Waals surface area contributed by atoms with E-state index < -0.39 is 23.3 Å². The van der Waals surface area contributed by atoms with Crippen LogP contribution in [0.25, 0.3) is 0 Å². The minimum atomic E-state index is -0.979. The van der Waals surface area contributed by atoms with Gasteiger partial charge in [-0.2, -0.15) is 5.10 Å². The van der Waals surface area contributed by atoms with E-state index in [1.54, 1.807) is 13.8 Å².